The average Bonchev–Trinajstić information content (AvgIpc) is 2.63. The number of benzene rings is 2. The highest BCUT2D eigenvalue weighted by molar-refractivity contribution is 7.92. The van der Waals surface area contributed by atoms with Gasteiger partial charge in [0.05, 0.1) is 4.90 Å². The smallest absolute Gasteiger partial charge is 0.261 e. The lowest BCUT2D eigenvalue weighted by atomic mass is 9.48. The van der Waals surface area contributed by atoms with Gasteiger partial charge in [0.25, 0.3) is 10.0 Å². The van der Waals surface area contributed by atoms with Gasteiger partial charge in [0.2, 0.25) is 0 Å². The van der Waals surface area contributed by atoms with Crippen LogP contribution in [0.3, 0.4) is 0 Å². The molecule has 0 aromatic heterocycles. The van der Waals surface area contributed by atoms with Crippen molar-refractivity contribution in [1.82, 2.24) is 0 Å². The summed E-state index contributed by atoms with van der Waals surface area (Å²) in [4.78, 5) is 0.320. The number of sulfonamides is 1. The zero-order chi connectivity index (χ0) is 19.5. The molecule has 0 radical (unpaired) electrons. The first-order valence-corrected chi connectivity index (χ1v) is 12.0. The van der Waals surface area contributed by atoms with Crippen LogP contribution in [0.15, 0.2) is 47.4 Å². The summed E-state index contributed by atoms with van der Waals surface area (Å²) in [6.45, 7) is 3.93. The van der Waals surface area contributed by atoms with Gasteiger partial charge in [-0.05, 0) is 116 Å². The minimum absolute atomic E-state index is 0.320. The summed E-state index contributed by atoms with van der Waals surface area (Å²) >= 11 is 0. The standard InChI is InChI=1S/C24H29NO2S/c1-16-3-8-23(9-17(16)2)28(26,27)25-22-6-4-21(5-7-22)24-13-18-10-19(14-24)12-20(11-18)15-24/h3-9,18-20,25H,10-15H2,1-2H3. The van der Waals surface area contributed by atoms with E-state index < -0.39 is 10.0 Å². The lowest BCUT2D eigenvalue weighted by Crippen LogP contribution is -2.48. The van der Waals surface area contributed by atoms with Crippen molar-refractivity contribution in [3.8, 4) is 0 Å². The molecule has 2 aromatic carbocycles. The van der Waals surface area contributed by atoms with Crippen LogP contribution < -0.4 is 4.72 Å². The molecular formula is C24H29NO2S. The Labute approximate surface area is 168 Å². The molecule has 0 heterocycles. The van der Waals surface area contributed by atoms with Crippen molar-refractivity contribution in [2.24, 2.45) is 17.8 Å². The number of aryl methyl sites for hydroxylation is 2. The van der Waals surface area contributed by atoms with E-state index in [1.807, 2.05) is 32.0 Å². The van der Waals surface area contributed by atoms with Crippen LogP contribution in [0.5, 0.6) is 0 Å². The molecule has 28 heavy (non-hydrogen) atoms. The van der Waals surface area contributed by atoms with Crippen molar-refractivity contribution in [3.63, 3.8) is 0 Å². The summed E-state index contributed by atoms with van der Waals surface area (Å²) in [7, 11) is -3.56. The summed E-state index contributed by atoms with van der Waals surface area (Å²) in [5, 5.41) is 0. The van der Waals surface area contributed by atoms with Crippen LogP contribution in [0, 0.1) is 31.6 Å². The van der Waals surface area contributed by atoms with E-state index in [1.165, 1.54) is 44.1 Å². The highest BCUT2D eigenvalue weighted by Gasteiger charge is 2.51. The van der Waals surface area contributed by atoms with Crippen LogP contribution in [0.1, 0.15) is 55.2 Å². The van der Waals surface area contributed by atoms with E-state index in [9.17, 15) is 8.42 Å². The maximum absolute atomic E-state index is 12.8. The molecule has 4 fully saturated rings. The van der Waals surface area contributed by atoms with Crippen LogP contribution in [0.25, 0.3) is 0 Å². The Morgan fingerprint density at radius 2 is 1.39 bits per heavy atom. The second-order valence-corrected chi connectivity index (χ2v) is 11.3. The molecule has 4 aliphatic carbocycles. The molecule has 4 bridgehead atoms. The summed E-state index contributed by atoms with van der Waals surface area (Å²) < 4.78 is 28.3. The second-order valence-electron chi connectivity index (χ2n) is 9.63. The van der Waals surface area contributed by atoms with Crippen molar-refractivity contribution in [2.75, 3.05) is 4.72 Å². The van der Waals surface area contributed by atoms with E-state index in [-0.39, 0.29) is 0 Å². The molecule has 0 saturated heterocycles. The van der Waals surface area contributed by atoms with Crippen LogP contribution >= 0.6 is 0 Å². The molecule has 2 aromatic rings. The molecule has 0 spiro atoms. The van der Waals surface area contributed by atoms with Gasteiger partial charge >= 0.3 is 0 Å². The first kappa shape index (κ1) is 18.2. The number of hydrogen-bond acceptors (Lipinski definition) is 2. The SMILES string of the molecule is Cc1ccc(S(=O)(=O)Nc2ccc(C34CC5CC(CC(C5)C3)C4)cc2)cc1C. The van der Waals surface area contributed by atoms with Crippen LogP contribution in [0.2, 0.25) is 0 Å². The topological polar surface area (TPSA) is 46.2 Å². The third kappa shape index (κ3) is 3.06. The van der Waals surface area contributed by atoms with Gasteiger partial charge in [0.1, 0.15) is 0 Å². The van der Waals surface area contributed by atoms with Gasteiger partial charge in [-0.1, -0.05) is 18.2 Å². The van der Waals surface area contributed by atoms with Gasteiger partial charge in [-0.15, -0.1) is 0 Å². The van der Waals surface area contributed by atoms with E-state index in [4.69, 9.17) is 0 Å². The predicted molar refractivity (Wildman–Crippen MR) is 113 cm³/mol. The first-order valence-electron chi connectivity index (χ1n) is 10.5. The molecule has 4 saturated carbocycles. The van der Waals surface area contributed by atoms with E-state index in [0.29, 0.717) is 16.0 Å². The molecule has 4 aliphatic rings. The van der Waals surface area contributed by atoms with Gasteiger partial charge in [-0.3, -0.25) is 4.72 Å². The largest absolute Gasteiger partial charge is 0.280 e. The zero-order valence-corrected chi connectivity index (χ0v) is 17.6. The zero-order valence-electron chi connectivity index (χ0n) is 16.7. The summed E-state index contributed by atoms with van der Waals surface area (Å²) in [5.41, 5.74) is 4.49. The number of nitrogens with one attached hydrogen (secondary N) is 1. The maximum atomic E-state index is 12.8. The van der Waals surface area contributed by atoms with Crippen molar-refractivity contribution >= 4 is 15.7 Å². The van der Waals surface area contributed by atoms with E-state index >= 15 is 0 Å². The molecule has 0 amide bonds. The molecule has 148 valence electrons. The number of anilines is 1. The summed E-state index contributed by atoms with van der Waals surface area (Å²) in [5.74, 6) is 2.73. The van der Waals surface area contributed by atoms with Gasteiger partial charge < -0.3 is 0 Å². The van der Waals surface area contributed by atoms with Gasteiger partial charge in [-0.2, -0.15) is 0 Å². The van der Waals surface area contributed by atoms with Crippen molar-refractivity contribution in [2.45, 2.75) is 62.7 Å². The minimum Gasteiger partial charge on any atom is -0.280 e. The molecule has 0 aliphatic heterocycles. The Morgan fingerprint density at radius 1 is 0.821 bits per heavy atom. The van der Waals surface area contributed by atoms with Crippen molar-refractivity contribution < 1.29 is 8.42 Å². The lowest BCUT2D eigenvalue weighted by Gasteiger charge is -2.57. The minimum atomic E-state index is -3.56. The summed E-state index contributed by atoms with van der Waals surface area (Å²) in [6.07, 6.45) is 8.29. The third-order valence-corrected chi connectivity index (χ3v) is 8.96. The first-order chi connectivity index (χ1) is 13.3. The Morgan fingerprint density at radius 3 is 1.93 bits per heavy atom. The van der Waals surface area contributed by atoms with E-state index in [0.717, 1.165) is 28.9 Å². The third-order valence-electron chi connectivity index (χ3n) is 7.58. The molecule has 0 unspecified atom stereocenters. The molecule has 3 nitrogen and oxygen atoms in total. The van der Waals surface area contributed by atoms with Crippen LogP contribution in [-0.2, 0) is 15.4 Å². The summed E-state index contributed by atoms with van der Waals surface area (Å²) in [6, 6.07) is 13.5. The fourth-order valence-corrected chi connectivity index (χ4v) is 7.59. The average molecular weight is 396 g/mol. The molecule has 6 rings (SSSR count). The number of hydrogen-bond donors (Lipinski definition) is 1. The lowest BCUT2D eigenvalue weighted by molar-refractivity contribution is -0.00518. The highest BCUT2D eigenvalue weighted by atomic mass is 32.2. The normalized spacial score (nSPS) is 31.1. The van der Waals surface area contributed by atoms with Crippen molar-refractivity contribution in [1.29, 1.82) is 0 Å². The molecule has 4 heteroatoms. The number of rotatable bonds is 4. The Kier molecular flexibility index (Phi) is 4.13. The highest BCUT2D eigenvalue weighted by Crippen LogP contribution is 2.60. The van der Waals surface area contributed by atoms with E-state index in [2.05, 4.69) is 16.9 Å². The Balaban J connectivity index is 1.38. The Hall–Kier alpha value is -1.81. The molecule has 0 atom stereocenters. The van der Waals surface area contributed by atoms with Crippen LogP contribution in [-0.4, -0.2) is 8.42 Å². The second kappa shape index (κ2) is 6.35. The van der Waals surface area contributed by atoms with E-state index in [1.54, 1.807) is 12.1 Å². The van der Waals surface area contributed by atoms with Crippen LogP contribution in [0.4, 0.5) is 5.69 Å². The van der Waals surface area contributed by atoms with Gasteiger partial charge in [0, 0.05) is 5.69 Å². The fraction of sp³-hybridized carbons (Fsp3) is 0.500. The van der Waals surface area contributed by atoms with Crippen molar-refractivity contribution in [3.05, 3.63) is 59.2 Å². The predicted octanol–water partition coefficient (Wildman–Crippen LogP) is 5.57. The van der Waals surface area contributed by atoms with Gasteiger partial charge in [0.15, 0.2) is 0 Å². The quantitative estimate of drug-likeness (QED) is 0.735. The monoisotopic (exact) mass is 395 g/mol. The van der Waals surface area contributed by atoms with Gasteiger partial charge in [-0.25, -0.2) is 8.42 Å². The maximum Gasteiger partial charge on any atom is 0.261 e. The fourth-order valence-electron chi connectivity index (χ4n) is 6.45. The molecule has 1 N–H and O–H groups in total. The molecular weight excluding hydrogens is 366 g/mol. The Bertz CT molecular complexity index is 972.